The first kappa shape index (κ1) is 23.9. The normalized spacial score (nSPS) is 13.9. The number of benzene rings is 2. The maximum Gasteiger partial charge on any atom is 0.275 e. The summed E-state index contributed by atoms with van der Waals surface area (Å²) in [5.41, 5.74) is 2.63. The van der Waals surface area contributed by atoms with Crippen molar-refractivity contribution in [2.24, 2.45) is 0 Å². The van der Waals surface area contributed by atoms with Gasteiger partial charge in [0.25, 0.3) is 5.91 Å². The number of nitrogens with one attached hydrogen (secondary N) is 1. The molecule has 0 unspecified atom stereocenters. The van der Waals surface area contributed by atoms with Gasteiger partial charge in [0.1, 0.15) is 5.52 Å². The van der Waals surface area contributed by atoms with Gasteiger partial charge in [0.15, 0.2) is 11.4 Å². The van der Waals surface area contributed by atoms with Crippen LogP contribution >= 0.6 is 11.6 Å². The highest BCUT2D eigenvalue weighted by Gasteiger charge is 2.20. The smallest absolute Gasteiger partial charge is 0.275 e. The van der Waals surface area contributed by atoms with Crippen LogP contribution in [0.3, 0.4) is 0 Å². The van der Waals surface area contributed by atoms with E-state index >= 15 is 0 Å². The zero-order chi connectivity index (χ0) is 23.9. The van der Waals surface area contributed by atoms with E-state index in [-0.39, 0.29) is 24.6 Å². The molecule has 0 spiro atoms. The molecule has 3 aromatic rings. The quantitative estimate of drug-likeness (QED) is 0.465. The molecule has 34 heavy (non-hydrogen) atoms. The largest absolute Gasteiger partial charge is 0.505 e. The van der Waals surface area contributed by atoms with Gasteiger partial charge >= 0.3 is 0 Å². The minimum Gasteiger partial charge on any atom is -0.505 e. The van der Waals surface area contributed by atoms with Crippen LogP contribution in [0.25, 0.3) is 10.9 Å². The van der Waals surface area contributed by atoms with Crippen LogP contribution in [0.2, 0.25) is 5.02 Å². The van der Waals surface area contributed by atoms with Crippen LogP contribution in [-0.2, 0) is 17.8 Å². The number of aromatic nitrogens is 2. The summed E-state index contributed by atoms with van der Waals surface area (Å²) in [4.78, 5) is 15.0. The summed E-state index contributed by atoms with van der Waals surface area (Å²) in [7, 11) is 0. The van der Waals surface area contributed by atoms with E-state index in [1.165, 1.54) is 0 Å². The van der Waals surface area contributed by atoms with Crippen molar-refractivity contribution in [1.29, 1.82) is 0 Å². The molecule has 0 radical (unpaired) electrons. The van der Waals surface area contributed by atoms with E-state index in [1.807, 2.05) is 24.3 Å². The first-order valence-corrected chi connectivity index (χ1v) is 11.4. The number of nitrogens with zero attached hydrogens (tertiary/aromatic N) is 3. The number of carbonyl (C=O) groups is 1. The van der Waals surface area contributed by atoms with E-state index in [2.05, 4.69) is 32.3 Å². The van der Waals surface area contributed by atoms with Crippen molar-refractivity contribution in [3.63, 3.8) is 0 Å². The van der Waals surface area contributed by atoms with E-state index in [0.717, 1.165) is 24.2 Å². The highest BCUT2D eigenvalue weighted by molar-refractivity contribution is 6.30. The van der Waals surface area contributed by atoms with Crippen molar-refractivity contribution in [3.8, 4) is 17.6 Å². The molecule has 9 heteroatoms. The van der Waals surface area contributed by atoms with Gasteiger partial charge < -0.3 is 20.3 Å². The summed E-state index contributed by atoms with van der Waals surface area (Å²) in [6.45, 7) is 3.81. The minimum atomic E-state index is -0.534. The van der Waals surface area contributed by atoms with Gasteiger partial charge in [-0.2, -0.15) is 0 Å². The molecular formula is C25H25ClN4O4. The van der Waals surface area contributed by atoms with Crippen molar-refractivity contribution >= 4 is 28.4 Å². The molecule has 1 saturated heterocycles. The number of hydrogen-bond donors (Lipinski definition) is 3. The van der Waals surface area contributed by atoms with Gasteiger partial charge in [-0.3, -0.25) is 9.69 Å². The molecule has 8 nitrogen and oxygen atoms in total. The van der Waals surface area contributed by atoms with Gasteiger partial charge in [-0.15, -0.1) is 10.2 Å². The van der Waals surface area contributed by atoms with E-state index in [4.69, 9.17) is 21.4 Å². The predicted molar refractivity (Wildman–Crippen MR) is 129 cm³/mol. The zero-order valence-corrected chi connectivity index (χ0v) is 19.3. The number of fused-ring (bicyclic) bond motifs is 1. The number of ether oxygens (including phenoxy) is 1. The Labute approximate surface area is 202 Å². The lowest BCUT2D eigenvalue weighted by Gasteiger charge is -2.26. The number of aromatic hydroxyl groups is 1. The monoisotopic (exact) mass is 480 g/mol. The van der Waals surface area contributed by atoms with E-state index in [0.29, 0.717) is 47.7 Å². The highest BCUT2D eigenvalue weighted by Crippen LogP contribution is 2.29. The molecule has 1 amide bonds. The first-order valence-electron chi connectivity index (χ1n) is 11.0. The molecule has 4 rings (SSSR count). The van der Waals surface area contributed by atoms with Crippen LogP contribution in [0.5, 0.6) is 5.75 Å². The standard InChI is InChI=1S/C25H25ClN4O4/c26-20-6-4-17(5-7-20)15-27-25(33)23-24(32)21-14-18(16-30-8-11-34-12-9-30)13-19(3-1-2-10-31)22(21)28-29-23/h4-7,13-14,31H,2,8-12,15-16H2,(H,27,33)(H,28,32). The van der Waals surface area contributed by atoms with Crippen molar-refractivity contribution in [2.45, 2.75) is 19.5 Å². The fourth-order valence-corrected chi connectivity index (χ4v) is 3.82. The maximum atomic E-state index is 12.8. The maximum absolute atomic E-state index is 12.8. The molecule has 0 saturated carbocycles. The topological polar surface area (TPSA) is 108 Å². The second-order valence-electron chi connectivity index (χ2n) is 7.91. The molecule has 1 aliphatic rings. The summed E-state index contributed by atoms with van der Waals surface area (Å²) in [6, 6.07) is 10.8. The molecule has 0 bridgehead atoms. The van der Waals surface area contributed by atoms with Gasteiger partial charge in [0, 0.05) is 43.0 Å². The third kappa shape index (κ3) is 5.82. The second-order valence-corrected chi connectivity index (χ2v) is 8.35. The van der Waals surface area contributed by atoms with Crippen LogP contribution < -0.4 is 5.32 Å². The number of rotatable bonds is 6. The number of halogens is 1. The Hall–Kier alpha value is -3.22. The summed E-state index contributed by atoms with van der Waals surface area (Å²) in [6.07, 6.45) is 0.319. The summed E-state index contributed by atoms with van der Waals surface area (Å²) < 4.78 is 5.42. The Morgan fingerprint density at radius 1 is 1.15 bits per heavy atom. The lowest BCUT2D eigenvalue weighted by Crippen LogP contribution is -2.35. The SMILES string of the molecule is O=C(NCc1ccc(Cl)cc1)c1nnc2c(C#CCCO)cc(CN3CCOCC3)cc2c1O. The number of hydrogen-bond acceptors (Lipinski definition) is 7. The summed E-state index contributed by atoms with van der Waals surface area (Å²) in [5, 5.41) is 32.0. The van der Waals surface area contributed by atoms with Crippen LogP contribution in [0.4, 0.5) is 0 Å². The molecule has 3 N–H and O–H groups in total. The summed E-state index contributed by atoms with van der Waals surface area (Å²) >= 11 is 5.90. The zero-order valence-electron chi connectivity index (χ0n) is 18.6. The third-order valence-electron chi connectivity index (χ3n) is 5.45. The van der Waals surface area contributed by atoms with Crippen molar-refractivity contribution < 1.29 is 19.7 Å². The molecule has 176 valence electrons. The third-order valence-corrected chi connectivity index (χ3v) is 5.70. The van der Waals surface area contributed by atoms with Gasteiger partial charge in [0.05, 0.1) is 25.4 Å². The second kappa shape index (κ2) is 11.3. The Balaban J connectivity index is 1.64. The number of amides is 1. The minimum absolute atomic E-state index is 0.0483. The molecule has 1 fully saturated rings. The van der Waals surface area contributed by atoms with Crippen LogP contribution in [0.1, 0.15) is 33.6 Å². The van der Waals surface area contributed by atoms with Gasteiger partial charge in [-0.1, -0.05) is 35.6 Å². The lowest BCUT2D eigenvalue weighted by atomic mass is 10.0. The lowest BCUT2D eigenvalue weighted by molar-refractivity contribution is 0.0342. The van der Waals surface area contributed by atoms with Crippen molar-refractivity contribution in [2.75, 3.05) is 32.9 Å². The average Bonchev–Trinajstić information content (AvgIpc) is 2.85. The highest BCUT2D eigenvalue weighted by atomic mass is 35.5. The summed E-state index contributed by atoms with van der Waals surface area (Å²) in [5.74, 6) is 5.14. The number of aliphatic hydroxyl groups is 1. The van der Waals surface area contributed by atoms with Gasteiger partial charge in [-0.25, -0.2) is 0 Å². The van der Waals surface area contributed by atoms with Gasteiger partial charge in [-0.05, 0) is 35.4 Å². The molecule has 1 aliphatic heterocycles. The van der Waals surface area contributed by atoms with Crippen LogP contribution in [0.15, 0.2) is 36.4 Å². The Bertz CT molecular complexity index is 1230. The number of morpholine rings is 1. The molecular weight excluding hydrogens is 456 g/mol. The average molecular weight is 481 g/mol. The van der Waals surface area contributed by atoms with Crippen molar-refractivity contribution in [3.05, 3.63) is 63.8 Å². The Morgan fingerprint density at radius 3 is 2.65 bits per heavy atom. The number of carbonyl (C=O) groups excluding carboxylic acids is 1. The predicted octanol–water partition coefficient (Wildman–Crippen LogP) is 2.48. The van der Waals surface area contributed by atoms with E-state index < -0.39 is 5.91 Å². The number of aliphatic hydroxyl groups excluding tert-OH is 1. The molecule has 0 aliphatic carbocycles. The molecule has 2 aromatic carbocycles. The van der Waals surface area contributed by atoms with Crippen LogP contribution in [0, 0.1) is 11.8 Å². The van der Waals surface area contributed by atoms with Gasteiger partial charge in [0.2, 0.25) is 0 Å². The molecule has 2 heterocycles. The van der Waals surface area contributed by atoms with E-state index in [1.54, 1.807) is 12.1 Å². The first-order chi connectivity index (χ1) is 16.5. The van der Waals surface area contributed by atoms with Crippen LogP contribution in [-0.4, -0.2) is 64.1 Å². The Morgan fingerprint density at radius 2 is 1.91 bits per heavy atom. The fraction of sp³-hybridized carbons (Fsp3) is 0.320. The Kier molecular flexibility index (Phi) is 7.93. The molecule has 1 aromatic heterocycles. The van der Waals surface area contributed by atoms with Crippen molar-refractivity contribution in [1.82, 2.24) is 20.4 Å². The van der Waals surface area contributed by atoms with E-state index in [9.17, 15) is 9.90 Å². The fourth-order valence-electron chi connectivity index (χ4n) is 3.70. The molecule has 0 atom stereocenters.